The van der Waals surface area contributed by atoms with E-state index in [1.807, 2.05) is 18.2 Å². The van der Waals surface area contributed by atoms with Crippen molar-refractivity contribution in [1.29, 1.82) is 0 Å². The molecular weight excluding hydrogens is 284 g/mol. The van der Waals surface area contributed by atoms with Crippen molar-refractivity contribution in [3.8, 4) is 0 Å². The van der Waals surface area contributed by atoms with E-state index in [4.69, 9.17) is 4.74 Å². The highest BCUT2D eigenvalue weighted by molar-refractivity contribution is 5.37. The van der Waals surface area contributed by atoms with Gasteiger partial charge in [-0.2, -0.15) is 0 Å². The van der Waals surface area contributed by atoms with Crippen LogP contribution in [0.5, 0.6) is 0 Å². The topological polar surface area (TPSA) is 29.5 Å². The first-order valence-electron chi connectivity index (χ1n) is 8.99. The van der Waals surface area contributed by atoms with Gasteiger partial charge in [0.2, 0.25) is 0 Å². The molecule has 1 aromatic carbocycles. The molecule has 1 spiro atoms. The Morgan fingerprint density at radius 3 is 2.65 bits per heavy atom. The summed E-state index contributed by atoms with van der Waals surface area (Å²) in [5.74, 6) is 0.403. The van der Waals surface area contributed by atoms with Crippen LogP contribution in [0, 0.1) is 16.7 Å². The summed E-state index contributed by atoms with van der Waals surface area (Å²) in [6, 6.07) is 10.3. The van der Waals surface area contributed by atoms with Gasteiger partial charge in [-0.05, 0) is 49.5 Å². The molecule has 124 valence electrons. The van der Waals surface area contributed by atoms with Crippen LogP contribution in [-0.2, 0) is 11.3 Å². The summed E-state index contributed by atoms with van der Waals surface area (Å²) >= 11 is 0. The average Bonchev–Trinajstić information content (AvgIpc) is 2.91. The highest BCUT2D eigenvalue weighted by atomic mass is 16.5. The third-order valence-corrected chi connectivity index (χ3v) is 7.34. The van der Waals surface area contributed by atoms with Crippen LogP contribution in [0.4, 0.5) is 0 Å². The largest absolute Gasteiger partial charge is 0.386 e. The lowest BCUT2D eigenvalue weighted by Gasteiger charge is -2.49. The van der Waals surface area contributed by atoms with Crippen LogP contribution in [0.1, 0.15) is 52.0 Å². The van der Waals surface area contributed by atoms with Crippen molar-refractivity contribution in [3.05, 3.63) is 47.5 Å². The van der Waals surface area contributed by atoms with Gasteiger partial charge in [-0.25, -0.2) is 0 Å². The molecule has 2 bridgehead atoms. The maximum absolute atomic E-state index is 11.8. The number of fused-ring (bicyclic) bond motifs is 1. The van der Waals surface area contributed by atoms with Crippen LogP contribution in [0.25, 0.3) is 0 Å². The molecule has 0 amide bonds. The molecule has 3 aliphatic rings. The smallest absolute Gasteiger partial charge is 0.101 e. The number of hydrogen-bond donors (Lipinski definition) is 1. The van der Waals surface area contributed by atoms with Gasteiger partial charge in [0.05, 0.1) is 12.7 Å². The maximum Gasteiger partial charge on any atom is 0.101 e. The Morgan fingerprint density at radius 1 is 1.17 bits per heavy atom. The van der Waals surface area contributed by atoms with E-state index in [1.165, 1.54) is 11.1 Å². The van der Waals surface area contributed by atoms with Crippen molar-refractivity contribution in [3.63, 3.8) is 0 Å². The number of allylic oxidation sites excluding steroid dienone is 1. The minimum Gasteiger partial charge on any atom is -0.386 e. The zero-order valence-electron chi connectivity index (χ0n) is 14.5. The van der Waals surface area contributed by atoms with Crippen LogP contribution in [0.15, 0.2) is 42.0 Å². The molecular formula is C21H28O2. The van der Waals surface area contributed by atoms with Crippen LogP contribution in [-0.4, -0.2) is 16.8 Å². The minimum atomic E-state index is -0.701. The van der Waals surface area contributed by atoms with Gasteiger partial charge >= 0.3 is 0 Å². The van der Waals surface area contributed by atoms with Gasteiger partial charge in [-0.15, -0.1) is 0 Å². The van der Waals surface area contributed by atoms with Crippen molar-refractivity contribution >= 4 is 0 Å². The first-order valence-corrected chi connectivity index (χ1v) is 8.99. The second kappa shape index (κ2) is 4.94. The number of rotatable bonds is 3. The van der Waals surface area contributed by atoms with E-state index < -0.39 is 5.60 Å². The quantitative estimate of drug-likeness (QED) is 0.834. The normalized spacial score (nSPS) is 40.8. The first-order chi connectivity index (χ1) is 10.9. The molecule has 2 heteroatoms. The molecule has 23 heavy (non-hydrogen) atoms. The maximum atomic E-state index is 11.8. The molecule has 0 aromatic heterocycles. The lowest BCUT2D eigenvalue weighted by molar-refractivity contribution is -0.134. The van der Waals surface area contributed by atoms with E-state index >= 15 is 0 Å². The fourth-order valence-corrected chi connectivity index (χ4v) is 6.30. The summed E-state index contributed by atoms with van der Waals surface area (Å²) in [6.07, 6.45) is 6.41. The van der Waals surface area contributed by atoms with Gasteiger partial charge < -0.3 is 9.84 Å². The standard InChI is InChI=1S/C21H28O2/c1-15-10-11-17-18(23-14-16-8-5-4-6-9-16)21(22)13-7-12-20(15,21)19(17,2)3/h4-6,8-10,17-18,22H,7,11-14H2,1-3H3/t17-,18+,20-,21+/m1/s1. The summed E-state index contributed by atoms with van der Waals surface area (Å²) < 4.78 is 6.42. The first kappa shape index (κ1) is 15.4. The molecule has 1 aromatic rings. The second-order valence-electron chi connectivity index (χ2n) is 8.35. The van der Waals surface area contributed by atoms with Gasteiger partial charge in [0.25, 0.3) is 0 Å². The summed E-state index contributed by atoms with van der Waals surface area (Å²) in [6.45, 7) is 7.54. The Labute approximate surface area is 139 Å². The molecule has 2 saturated carbocycles. The molecule has 0 radical (unpaired) electrons. The zero-order chi connectivity index (χ0) is 16.3. The van der Waals surface area contributed by atoms with Crippen LogP contribution >= 0.6 is 0 Å². The minimum absolute atomic E-state index is 0.0612. The second-order valence-corrected chi connectivity index (χ2v) is 8.35. The van der Waals surface area contributed by atoms with Gasteiger partial charge in [-0.3, -0.25) is 0 Å². The number of benzene rings is 1. The molecule has 2 nitrogen and oxygen atoms in total. The Balaban J connectivity index is 1.69. The van der Waals surface area contributed by atoms with Crippen LogP contribution < -0.4 is 0 Å². The third kappa shape index (κ3) is 1.77. The van der Waals surface area contributed by atoms with E-state index in [2.05, 4.69) is 39.0 Å². The average molecular weight is 312 g/mol. The van der Waals surface area contributed by atoms with Crippen molar-refractivity contribution in [2.45, 2.75) is 64.8 Å². The summed E-state index contributed by atoms with van der Waals surface area (Å²) in [7, 11) is 0. The van der Waals surface area contributed by atoms with Crippen molar-refractivity contribution in [2.24, 2.45) is 16.7 Å². The highest BCUT2D eigenvalue weighted by Gasteiger charge is 2.75. The predicted octanol–water partition coefficient (Wildman–Crippen LogP) is 4.48. The Bertz CT molecular complexity index is 633. The van der Waals surface area contributed by atoms with Crippen molar-refractivity contribution in [1.82, 2.24) is 0 Å². The van der Waals surface area contributed by atoms with E-state index in [1.54, 1.807) is 0 Å². The lowest BCUT2D eigenvalue weighted by atomic mass is 9.55. The predicted molar refractivity (Wildman–Crippen MR) is 91.9 cm³/mol. The SMILES string of the molecule is CC1=CC[C@@H]2[C@H](OCc3ccccc3)[C@@]3(O)CCC[C@]13C2(C)C. The molecule has 4 rings (SSSR count). The molecule has 3 aliphatic carbocycles. The monoisotopic (exact) mass is 312 g/mol. The van der Waals surface area contributed by atoms with Gasteiger partial charge in [0.1, 0.15) is 5.60 Å². The fraction of sp³-hybridized carbons (Fsp3) is 0.619. The van der Waals surface area contributed by atoms with Crippen LogP contribution in [0.3, 0.4) is 0 Å². The zero-order valence-corrected chi connectivity index (χ0v) is 14.5. The van der Waals surface area contributed by atoms with Crippen molar-refractivity contribution < 1.29 is 9.84 Å². The highest BCUT2D eigenvalue weighted by Crippen LogP contribution is 2.73. The molecule has 0 heterocycles. The molecule has 0 saturated heterocycles. The fourth-order valence-electron chi connectivity index (χ4n) is 6.30. The summed E-state index contributed by atoms with van der Waals surface area (Å²) in [5.41, 5.74) is 1.88. The molecule has 2 fully saturated rings. The van der Waals surface area contributed by atoms with E-state index in [0.717, 1.165) is 25.7 Å². The Hall–Kier alpha value is -1.12. The Morgan fingerprint density at radius 2 is 1.91 bits per heavy atom. The van der Waals surface area contributed by atoms with E-state index in [-0.39, 0.29) is 16.9 Å². The number of aliphatic hydroxyl groups is 1. The third-order valence-electron chi connectivity index (χ3n) is 7.34. The molecule has 0 unspecified atom stereocenters. The summed E-state index contributed by atoms with van der Waals surface area (Å²) in [5, 5.41) is 11.8. The van der Waals surface area contributed by atoms with Crippen molar-refractivity contribution in [2.75, 3.05) is 0 Å². The summed E-state index contributed by atoms with van der Waals surface area (Å²) in [4.78, 5) is 0. The van der Waals surface area contributed by atoms with Gasteiger partial charge in [0, 0.05) is 5.41 Å². The lowest BCUT2D eigenvalue weighted by Crippen LogP contribution is -2.51. The van der Waals surface area contributed by atoms with Crippen LogP contribution in [0.2, 0.25) is 0 Å². The van der Waals surface area contributed by atoms with E-state index in [0.29, 0.717) is 12.5 Å². The number of hydrogen-bond acceptors (Lipinski definition) is 2. The molecule has 1 N–H and O–H groups in total. The van der Waals surface area contributed by atoms with Gasteiger partial charge in [-0.1, -0.05) is 55.8 Å². The van der Waals surface area contributed by atoms with E-state index in [9.17, 15) is 5.11 Å². The molecule has 0 aliphatic heterocycles. The molecule has 4 atom stereocenters. The van der Waals surface area contributed by atoms with Gasteiger partial charge in [0.15, 0.2) is 0 Å². The number of ether oxygens (including phenoxy) is 1. The Kier molecular flexibility index (Phi) is 3.31.